The molecule has 1 aromatic carbocycles. The number of hydrogen-bond donors (Lipinski definition) is 0. The molecule has 0 aromatic heterocycles. The molecule has 0 N–H and O–H groups in total. The maximum absolute atomic E-state index is 12.3. The Morgan fingerprint density at radius 2 is 2.00 bits per heavy atom. The van der Waals surface area contributed by atoms with Crippen LogP contribution in [0.5, 0.6) is 0 Å². The molecule has 0 unspecified atom stereocenters. The van der Waals surface area contributed by atoms with Crippen molar-refractivity contribution < 1.29 is 14.3 Å². The van der Waals surface area contributed by atoms with E-state index in [1.807, 2.05) is 13.8 Å². The lowest BCUT2D eigenvalue weighted by atomic mass is 10.1. The lowest BCUT2D eigenvalue weighted by Crippen LogP contribution is -2.36. The summed E-state index contributed by atoms with van der Waals surface area (Å²) in [6.07, 6.45) is 0. The van der Waals surface area contributed by atoms with Crippen LogP contribution >= 0.6 is 11.6 Å². The molecule has 104 valence electrons. The highest BCUT2D eigenvalue weighted by Gasteiger charge is 2.19. The quantitative estimate of drug-likeness (QED) is 0.781. The summed E-state index contributed by atoms with van der Waals surface area (Å²) in [6.45, 7) is 6.08. The molecule has 0 saturated carbocycles. The van der Waals surface area contributed by atoms with Gasteiger partial charge in [0.2, 0.25) is 0 Å². The molecule has 0 aliphatic heterocycles. The van der Waals surface area contributed by atoms with Crippen LogP contribution in [0, 0.1) is 6.92 Å². The third-order valence-electron chi connectivity index (χ3n) is 2.72. The summed E-state index contributed by atoms with van der Waals surface area (Å²) in [6, 6.07) is 5.14. The first kappa shape index (κ1) is 15.5. The van der Waals surface area contributed by atoms with Crippen LogP contribution in [0.3, 0.4) is 0 Å². The van der Waals surface area contributed by atoms with Crippen molar-refractivity contribution in [3.05, 3.63) is 34.3 Å². The molecule has 1 amide bonds. The SMILES string of the molecule is CCOC(=O)CN(CC)C(=O)c1cc(Cl)ccc1C. The summed E-state index contributed by atoms with van der Waals surface area (Å²) in [7, 11) is 0. The molecule has 0 bridgehead atoms. The Morgan fingerprint density at radius 1 is 1.32 bits per heavy atom. The highest BCUT2D eigenvalue weighted by Crippen LogP contribution is 2.17. The Bertz CT molecular complexity index is 474. The topological polar surface area (TPSA) is 46.6 Å². The van der Waals surface area contributed by atoms with Crippen molar-refractivity contribution in [1.29, 1.82) is 0 Å². The normalized spacial score (nSPS) is 10.1. The zero-order valence-electron chi connectivity index (χ0n) is 11.4. The van der Waals surface area contributed by atoms with Crippen LogP contribution in [0.4, 0.5) is 0 Å². The molecule has 0 spiro atoms. The fourth-order valence-corrected chi connectivity index (χ4v) is 1.86. The van der Waals surface area contributed by atoms with E-state index in [1.54, 1.807) is 25.1 Å². The lowest BCUT2D eigenvalue weighted by molar-refractivity contribution is -0.143. The van der Waals surface area contributed by atoms with E-state index in [0.29, 0.717) is 23.7 Å². The number of aryl methyl sites for hydroxylation is 1. The first-order valence-electron chi connectivity index (χ1n) is 6.20. The molecule has 0 fully saturated rings. The molecule has 5 heteroatoms. The van der Waals surface area contributed by atoms with Crippen molar-refractivity contribution >= 4 is 23.5 Å². The Morgan fingerprint density at radius 3 is 2.58 bits per heavy atom. The average Bonchev–Trinajstić information content (AvgIpc) is 2.38. The molecule has 0 aliphatic carbocycles. The zero-order valence-corrected chi connectivity index (χ0v) is 12.2. The summed E-state index contributed by atoms with van der Waals surface area (Å²) in [4.78, 5) is 25.2. The Hall–Kier alpha value is -1.55. The summed E-state index contributed by atoms with van der Waals surface area (Å²) in [5, 5.41) is 0.501. The largest absolute Gasteiger partial charge is 0.465 e. The number of halogens is 1. The highest BCUT2D eigenvalue weighted by atomic mass is 35.5. The predicted octanol–water partition coefficient (Wildman–Crippen LogP) is 2.67. The molecule has 4 nitrogen and oxygen atoms in total. The number of benzene rings is 1. The molecular formula is C14H18ClNO3. The van der Waals surface area contributed by atoms with Gasteiger partial charge < -0.3 is 9.64 Å². The first-order chi connectivity index (χ1) is 8.99. The van der Waals surface area contributed by atoms with Crippen molar-refractivity contribution in [2.24, 2.45) is 0 Å². The minimum absolute atomic E-state index is 0.0465. The fraction of sp³-hybridized carbons (Fsp3) is 0.429. The van der Waals surface area contributed by atoms with E-state index in [2.05, 4.69) is 0 Å². The Balaban J connectivity index is 2.89. The van der Waals surface area contributed by atoms with E-state index in [0.717, 1.165) is 5.56 Å². The number of nitrogens with zero attached hydrogens (tertiary/aromatic N) is 1. The molecule has 0 radical (unpaired) electrons. The van der Waals surface area contributed by atoms with Crippen LogP contribution in [0.25, 0.3) is 0 Å². The van der Waals surface area contributed by atoms with Crippen LogP contribution in [0.2, 0.25) is 5.02 Å². The van der Waals surface area contributed by atoms with Gasteiger partial charge in [0.1, 0.15) is 6.54 Å². The average molecular weight is 284 g/mol. The first-order valence-corrected chi connectivity index (χ1v) is 6.58. The van der Waals surface area contributed by atoms with Gasteiger partial charge in [0, 0.05) is 17.1 Å². The van der Waals surface area contributed by atoms with E-state index in [9.17, 15) is 9.59 Å². The van der Waals surface area contributed by atoms with Gasteiger partial charge in [-0.1, -0.05) is 17.7 Å². The van der Waals surface area contributed by atoms with Gasteiger partial charge in [0.05, 0.1) is 6.61 Å². The van der Waals surface area contributed by atoms with E-state index < -0.39 is 5.97 Å². The summed E-state index contributed by atoms with van der Waals surface area (Å²) >= 11 is 5.90. The molecule has 1 rings (SSSR count). The Labute approximate surface area is 118 Å². The number of likely N-dealkylation sites (N-methyl/N-ethyl adjacent to an activating group) is 1. The third kappa shape index (κ3) is 4.24. The van der Waals surface area contributed by atoms with E-state index in [1.165, 1.54) is 4.90 Å². The molecule has 0 saturated heterocycles. The van der Waals surface area contributed by atoms with Gasteiger partial charge in [-0.15, -0.1) is 0 Å². The van der Waals surface area contributed by atoms with Crippen LogP contribution in [-0.2, 0) is 9.53 Å². The van der Waals surface area contributed by atoms with Crippen LogP contribution < -0.4 is 0 Å². The number of amides is 1. The summed E-state index contributed by atoms with van der Waals surface area (Å²) in [5.74, 6) is -0.618. The molecule has 19 heavy (non-hydrogen) atoms. The van der Waals surface area contributed by atoms with E-state index in [-0.39, 0.29) is 12.5 Å². The molecule has 0 atom stereocenters. The minimum atomic E-state index is -0.405. The smallest absolute Gasteiger partial charge is 0.325 e. The fourth-order valence-electron chi connectivity index (χ4n) is 1.68. The number of carbonyl (C=O) groups excluding carboxylic acids is 2. The molecule has 1 aromatic rings. The number of ether oxygens (including phenoxy) is 1. The number of rotatable bonds is 5. The van der Waals surface area contributed by atoms with Crippen molar-refractivity contribution in [3.63, 3.8) is 0 Å². The van der Waals surface area contributed by atoms with Crippen LogP contribution in [-0.4, -0.2) is 36.5 Å². The number of esters is 1. The van der Waals surface area contributed by atoms with Gasteiger partial charge in [-0.25, -0.2) is 0 Å². The maximum Gasteiger partial charge on any atom is 0.325 e. The second-order valence-corrected chi connectivity index (χ2v) is 4.52. The van der Waals surface area contributed by atoms with Gasteiger partial charge in [-0.3, -0.25) is 9.59 Å². The standard InChI is InChI=1S/C14H18ClNO3/c1-4-16(9-13(17)19-5-2)14(18)12-8-11(15)7-6-10(12)3/h6-8H,4-5,9H2,1-3H3. The second kappa shape index (κ2) is 7.14. The van der Waals surface area contributed by atoms with E-state index in [4.69, 9.17) is 16.3 Å². The van der Waals surface area contributed by atoms with Crippen molar-refractivity contribution in [3.8, 4) is 0 Å². The number of carbonyl (C=O) groups is 2. The van der Waals surface area contributed by atoms with Gasteiger partial charge >= 0.3 is 5.97 Å². The van der Waals surface area contributed by atoms with Gasteiger partial charge in [-0.05, 0) is 38.5 Å². The van der Waals surface area contributed by atoms with E-state index >= 15 is 0 Å². The zero-order chi connectivity index (χ0) is 14.4. The Kier molecular flexibility index (Phi) is 5.83. The van der Waals surface area contributed by atoms with Crippen molar-refractivity contribution in [1.82, 2.24) is 4.90 Å². The summed E-state index contributed by atoms with van der Waals surface area (Å²) in [5.41, 5.74) is 1.34. The predicted molar refractivity (Wildman–Crippen MR) is 74.4 cm³/mol. The van der Waals surface area contributed by atoms with Gasteiger partial charge in [0.25, 0.3) is 5.91 Å². The molecular weight excluding hydrogens is 266 g/mol. The highest BCUT2D eigenvalue weighted by molar-refractivity contribution is 6.31. The lowest BCUT2D eigenvalue weighted by Gasteiger charge is -2.20. The maximum atomic E-state index is 12.3. The minimum Gasteiger partial charge on any atom is -0.465 e. The monoisotopic (exact) mass is 283 g/mol. The van der Waals surface area contributed by atoms with Crippen molar-refractivity contribution in [2.75, 3.05) is 19.7 Å². The van der Waals surface area contributed by atoms with Crippen LogP contribution in [0.1, 0.15) is 29.8 Å². The third-order valence-corrected chi connectivity index (χ3v) is 2.96. The van der Waals surface area contributed by atoms with Crippen molar-refractivity contribution in [2.45, 2.75) is 20.8 Å². The van der Waals surface area contributed by atoms with Gasteiger partial charge in [0.15, 0.2) is 0 Å². The van der Waals surface area contributed by atoms with Crippen LogP contribution in [0.15, 0.2) is 18.2 Å². The molecule has 0 heterocycles. The van der Waals surface area contributed by atoms with Gasteiger partial charge in [-0.2, -0.15) is 0 Å². The summed E-state index contributed by atoms with van der Waals surface area (Å²) < 4.78 is 4.86. The second-order valence-electron chi connectivity index (χ2n) is 4.08. The number of hydrogen-bond acceptors (Lipinski definition) is 3. The molecule has 0 aliphatic rings.